The first kappa shape index (κ1) is 22.9. The second-order valence-electron chi connectivity index (χ2n) is 9.74. The lowest BCUT2D eigenvalue weighted by Crippen LogP contribution is -2.76. The van der Waals surface area contributed by atoms with Crippen molar-refractivity contribution in [1.29, 1.82) is 0 Å². The van der Waals surface area contributed by atoms with Gasteiger partial charge in [0.05, 0.1) is 6.61 Å². The molecule has 0 unspecified atom stereocenters. The van der Waals surface area contributed by atoms with Crippen LogP contribution < -0.4 is 0 Å². The van der Waals surface area contributed by atoms with E-state index in [1.54, 1.807) is 0 Å². The molecule has 4 aliphatic rings. The average molecular weight is 441 g/mol. The van der Waals surface area contributed by atoms with Gasteiger partial charge >= 0.3 is 0 Å². The minimum Gasteiger partial charge on any atom is -0.442 e. The molecule has 0 aromatic rings. The number of unbranched alkanes of at least 4 members (excludes halogenated alkanes) is 4. The molecule has 4 rings (SSSR count). The van der Waals surface area contributed by atoms with Crippen LogP contribution in [0, 0.1) is 0 Å². The number of carbonyl (C=O) groups excluding carboxylic acids is 1. The SMILES string of the molecule is CCCCCCCC1=NN(C(C)=O)[C@@]2(O1)[C@@H]1OC(C)(C)O[C@@H]1CO[C@]21COC(C)(C)O1. The van der Waals surface area contributed by atoms with Crippen LogP contribution in [0.3, 0.4) is 0 Å². The van der Waals surface area contributed by atoms with E-state index >= 15 is 0 Å². The van der Waals surface area contributed by atoms with E-state index < -0.39 is 35.3 Å². The standard InChI is InChI=1S/C22H36N2O7/c1-7-8-9-10-11-12-17-23-24(15(2)25)22(29-17)18-16(28-20(5,6)30-18)13-26-21(22)14-27-19(3,4)31-21/h16,18H,7-14H2,1-6H3/t16-,18-,21+,22-/m1/s1. The van der Waals surface area contributed by atoms with Gasteiger partial charge in [-0.1, -0.05) is 32.6 Å². The van der Waals surface area contributed by atoms with Crippen molar-refractivity contribution in [3.8, 4) is 0 Å². The molecule has 4 atom stereocenters. The largest absolute Gasteiger partial charge is 0.442 e. The summed E-state index contributed by atoms with van der Waals surface area (Å²) in [6, 6.07) is 0. The highest BCUT2D eigenvalue weighted by Gasteiger charge is 2.78. The molecule has 0 radical (unpaired) electrons. The molecule has 3 saturated heterocycles. The Hall–Kier alpha value is -1.26. The van der Waals surface area contributed by atoms with Crippen molar-refractivity contribution in [3.05, 3.63) is 0 Å². The fraction of sp³-hybridized carbons (Fsp3) is 0.909. The first-order chi connectivity index (χ1) is 14.5. The Bertz CT molecular complexity index is 737. The van der Waals surface area contributed by atoms with Crippen LogP contribution in [0.5, 0.6) is 0 Å². The lowest BCUT2D eigenvalue weighted by Gasteiger charge is -2.52. The highest BCUT2D eigenvalue weighted by Crippen LogP contribution is 2.54. The fourth-order valence-electron chi connectivity index (χ4n) is 4.93. The van der Waals surface area contributed by atoms with Crippen LogP contribution in [0.1, 0.15) is 80.1 Å². The molecular weight excluding hydrogens is 404 g/mol. The molecule has 0 aliphatic carbocycles. The van der Waals surface area contributed by atoms with Gasteiger partial charge in [-0.25, -0.2) is 0 Å². The van der Waals surface area contributed by atoms with Crippen LogP contribution >= 0.6 is 0 Å². The number of hydrogen-bond donors (Lipinski definition) is 0. The minimum atomic E-state index is -1.47. The Labute approximate surface area is 184 Å². The predicted molar refractivity (Wildman–Crippen MR) is 111 cm³/mol. The molecular formula is C22H36N2O7. The lowest BCUT2D eigenvalue weighted by molar-refractivity contribution is -0.386. The number of fused-ring (bicyclic) bond motifs is 3. The molecule has 2 spiro atoms. The molecule has 9 nitrogen and oxygen atoms in total. The van der Waals surface area contributed by atoms with Gasteiger partial charge in [0, 0.05) is 13.3 Å². The maximum absolute atomic E-state index is 12.8. The van der Waals surface area contributed by atoms with Crippen LogP contribution in [-0.4, -0.2) is 65.3 Å². The number of carbonyl (C=O) groups is 1. The number of nitrogens with zero attached hydrogens (tertiary/aromatic N) is 2. The van der Waals surface area contributed by atoms with Crippen molar-refractivity contribution >= 4 is 11.8 Å². The third-order valence-electron chi connectivity index (χ3n) is 6.21. The quantitative estimate of drug-likeness (QED) is 0.586. The summed E-state index contributed by atoms with van der Waals surface area (Å²) >= 11 is 0. The van der Waals surface area contributed by atoms with E-state index in [1.807, 2.05) is 27.7 Å². The van der Waals surface area contributed by atoms with Gasteiger partial charge in [-0.2, -0.15) is 5.01 Å². The van der Waals surface area contributed by atoms with Crippen molar-refractivity contribution in [2.24, 2.45) is 5.10 Å². The zero-order valence-electron chi connectivity index (χ0n) is 19.6. The second-order valence-corrected chi connectivity index (χ2v) is 9.74. The number of rotatable bonds is 6. The van der Waals surface area contributed by atoms with E-state index in [-0.39, 0.29) is 19.1 Å². The summed E-state index contributed by atoms with van der Waals surface area (Å²) in [7, 11) is 0. The number of hydrazone groups is 1. The van der Waals surface area contributed by atoms with E-state index in [4.69, 9.17) is 28.4 Å². The van der Waals surface area contributed by atoms with Gasteiger partial charge in [0.2, 0.25) is 11.8 Å². The van der Waals surface area contributed by atoms with Gasteiger partial charge in [-0.15, -0.1) is 5.10 Å². The Morgan fingerprint density at radius 2 is 1.81 bits per heavy atom. The van der Waals surface area contributed by atoms with Crippen LogP contribution in [0.4, 0.5) is 0 Å². The minimum absolute atomic E-state index is 0.0795. The zero-order chi connectivity index (χ0) is 22.5. The summed E-state index contributed by atoms with van der Waals surface area (Å²) in [6.45, 7) is 11.2. The van der Waals surface area contributed by atoms with Gasteiger partial charge < -0.3 is 28.4 Å². The third-order valence-corrected chi connectivity index (χ3v) is 6.21. The summed E-state index contributed by atoms with van der Waals surface area (Å²) < 4.78 is 37.4. The first-order valence-corrected chi connectivity index (χ1v) is 11.5. The Morgan fingerprint density at radius 1 is 1.06 bits per heavy atom. The van der Waals surface area contributed by atoms with E-state index in [0.717, 1.165) is 12.8 Å². The maximum Gasteiger partial charge on any atom is 0.291 e. The van der Waals surface area contributed by atoms with Crippen LogP contribution in [0.2, 0.25) is 0 Å². The monoisotopic (exact) mass is 440 g/mol. The van der Waals surface area contributed by atoms with Gasteiger partial charge in [0.1, 0.15) is 12.7 Å². The molecule has 9 heteroatoms. The molecule has 4 heterocycles. The number of hydrogen-bond acceptors (Lipinski definition) is 8. The molecule has 3 fully saturated rings. The zero-order valence-corrected chi connectivity index (χ0v) is 19.6. The third kappa shape index (κ3) is 3.88. The van der Waals surface area contributed by atoms with Gasteiger partial charge in [-0.05, 0) is 34.1 Å². The van der Waals surface area contributed by atoms with Crippen LogP contribution in [0.15, 0.2) is 5.10 Å². The summed E-state index contributed by atoms with van der Waals surface area (Å²) in [4.78, 5) is 12.8. The van der Waals surface area contributed by atoms with E-state index in [1.165, 1.54) is 31.2 Å². The fourth-order valence-corrected chi connectivity index (χ4v) is 4.93. The Kier molecular flexibility index (Phi) is 5.88. The normalized spacial score (nSPS) is 37.9. The molecule has 1 amide bonds. The smallest absolute Gasteiger partial charge is 0.291 e. The van der Waals surface area contributed by atoms with Gasteiger partial charge in [-0.3, -0.25) is 4.79 Å². The summed E-state index contributed by atoms with van der Waals surface area (Å²) in [5.74, 6) is -2.96. The molecule has 0 aromatic carbocycles. The van der Waals surface area contributed by atoms with Crippen molar-refractivity contribution in [3.63, 3.8) is 0 Å². The van der Waals surface area contributed by atoms with Crippen LogP contribution in [-0.2, 0) is 33.2 Å². The Morgan fingerprint density at radius 3 is 2.45 bits per heavy atom. The van der Waals surface area contributed by atoms with E-state index in [2.05, 4.69) is 12.0 Å². The summed E-state index contributed by atoms with van der Waals surface area (Å²) in [6.07, 6.45) is 5.09. The molecule has 0 N–H and O–H groups in total. The highest BCUT2D eigenvalue weighted by molar-refractivity contribution is 5.83. The van der Waals surface area contributed by atoms with E-state index in [0.29, 0.717) is 12.3 Å². The molecule has 0 bridgehead atoms. The molecule has 31 heavy (non-hydrogen) atoms. The van der Waals surface area contributed by atoms with Crippen molar-refractivity contribution in [2.75, 3.05) is 13.2 Å². The number of ether oxygens (including phenoxy) is 6. The highest BCUT2D eigenvalue weighted by atomic mass is 16.9. The van der Waals surface area contributed by atoms with Crippen molar-refractivity contribution in [2.45, 2.75) is 115 Å². The molecule has 4 aliphatic heterocycles. The average Bonchev–Trinajstić information content (AvgIpc) is 3.31. The predicted octanol–water partition coefficient (Wildman–Crippen LogP) is 3.26. The molecule has 0 saturated carbocycles. The second kappa shape index (κ2) is 7.95. The maximum atomic E-state index is 12.8. The summed E-state index contributed by atoms with van der Waals surface area (Å²) in [5, 5.41) is 5.92. The Balaban J connectivity index is 1.67. The van der Waals surface area contributed by atoms with Gasteiger partial charge in [0.25, 0.3) is 11.5 Å². The van der Waals surface area contributed by atoms with Crippen molar-refractivity contribution in [1.82, 2.24) is 5.01 Å². The summed E-state index contributed by atoms with van der Waals surface area (Å²) in [5.41, 5.74) is -1.47. The van der Waals surface area contributed by atoms with Gasteiger partial charge in [0.15, 0.2) is 17.7 Å². The topological polar surface area (TPSA) is 88.1 Å². The number of amides is 1. The van der Waals surface area contributed by atoms with Crippen molar-refractivity contribution < 1.29 is 33.2 Å². The first-order valence-electron chi connectivity index (χ1n) is 11.5. The van der Waals surface area contributed by atoms with Crippen LogP contribution in [0.25, 0.3) is 0 Å². The molecule has 176 valence electrons. The molecule has 0 aromatic heterocycles. The van der Waals surface area contributed by atoms with E-state index in [9.17, 15) is 4.79 Å². The lowest BCUT2D eigenvalue weighted by atomic mass is 9.88.